The van der Waals surface area contributed by atoms with Crippen molar-refractivity contribution in [3.8, 4) is 0 Å². The second-order valence-corrected chi connectivity index (χ2v) is 5.71. The Morgan fingerprint density at radius 2 is 2.11 bits per heavy atom. The second kappa shape index (κ2) is 6.49. The van der Waals surface area contributed by atoms with Crippen molar-refractivity contribution in [2.24, 2.45) is 11.8 Å². The molecule has 0 aromatic carbocycles. The monoisotopic (exact) mass is 262 g/mol. The van der Waals surface area contributed by atoms with Crippen LogP contribution in [-0.4, -0.2) is 29.8 Å². The molecular formula is C16H26N2O. The summed E-state index contributed by atoms with van der Waals surface area (Å²) in [6.45, 7) is 9.87. The Bertz CT molecular complexity index is 382. The molecule has 2 rings (SSSR count). The molecule has 0 saturated carbocycles. The first-order valence-corrected chi connectivity index (χ1v) is 7.41. The average Bonchev–Trinajstić information content (AvgIpc) is 2.64. The van der Waals surface area contributed by atoms with Crippen molar-refractivity contribution in [1.82, 2.24) is 10.3 Å². The molecule has 1 saturated heterocycles. The topological polar surface area (TPSA) is 34.2 Å². The Morgan fingerprint density at radius 1 is 1.32 bits per heavy atom. The van der Waals surface area contributed by atoms with E-state index in [0.717, 1.165) is 13.0 Å². The highest BCUT2D eigenvalue weighted by atomic mass is 16.5. The Kier molecular flexibility index (Phi) is 4.94. The average molecular weight is 262 g/mol. The maximum Gasteiger partial charge on any atom is 0.0597 e. The van der Waals surface area contributed by atoms with Gasteiger partial charge in [0.2, 0.25) is 0 Å². The molecule has 3 heteroatoms. The number of aromatic nitrogens is 1. The van der Waals surface area contributed by atoms with Gasteiger partial charge < -0.3 is 10.1 Å². The molecule has 19 heavy (non-hydrogen) atoms. The number of nitrogens with zero attached hydrogens (tertiary/aromatic N) is 1. The van der Waals surface area contributed by atoms with E-state index in [1.54, 1.807) is 0 Å². The van der Waals surface area contributed by atoms with Gasteiger partial charge in [-0.15, -0.1) is 0 Å². The lowest BCUT2D eigenvalue weighted by Gasteiger charge is -2.29. The third-order valence-corrected chi connectivity index (χ3v) is 4.43. The SMILES string of the molecule is CCNC(Cc1cccnc1)C1C(C)OC(C)C1C. The van der Waals surface area contributed by atoms with Crippen molar-refractivity contribution in [3.05, 3.63) is 30.1 Å². The standard InChI is InChI=1S/C16H26N2O/c1-5-18-15(9-14-7-6-8-17-10-14)16-11(2)12(3)19-13(16)4/h6-8,10-13,15-16,18H,5,9H2,1-4H3. The molecule has 0 radical (unpaired) electrons. The van der Waals surface area contributed by atoms with Crippen molar-refractivity contribution in [2.75, 3.05) is 6.54 Å². The number of nitrogens with one attached hydrogen (secondary N) is 1. The molecule has 1 aliphatic heterocycles. The van der Waals surface area contributed by atoms with Crippen LogP contribution in [0.4, 0.5) is 0 Å². The van der Waals surface area contributed by atoms with E-state index in [4.69, 9.17) is 4.74 Å². The van der Waals surface area contributed by atoms with Gasteiger partial charge in [0.15, 0.2) is 0 Å². The number of hydrogen-bond acceptors (Lipinski definition) is 3. The van der Waals surface area contributed by atoms with Gasteiger partial charge in [-0.05, 0) is 44.4 Å². The van der Waals surface area contributed by atoms with E-state index >= 15 is 0 Å². The van der Waals surface area contributed by atoms with Crippen LogP contribution in [0.5, 0.6) is 0 Å². The zero-order valence-electron chi connectivity index (χ0n) is 12.5. The van der Waals surface area contributed by atoms with Gasteiger partial charge in [-0.2, -0.15) is 0 Å². The zero-order valence-corrected chi connectivity index (χ0v) is 12.5. The number of rotatable bonds is 5. The molecule has 3 nitrogen and oxygen atoms in total. The number of pyridine rings is 1. The first-order chi connectivity index (χ1) is 9.13. The van der Waals surface area contributed by atoms with Crippen molar-refractivity contribution in [1.29, 1.82) is 0 Å². The largest absolute Gasteiger partial charge is 0.375 e. The molecule has 0 amide bonds. The van der Waals surface area contributed by atoms with E-state index in [-0.39, 0.29) is 0 Å². The zero-order chi connectivity index (χ0) is 13.8. The lowest BCUT2D eigenvalue weighted by molar-refractivity contribution is 0.0476. The maximum absolute atomic E-state index is 6.00. The Morgan fingerprint density at radius 3 is 2.63 bits per heavy atom. The number of hydrogen-bond donors (Lipinski definition) is 1. The lowest BCUT2D eigenvalue weighted by Crippen LogP contribution is -2.43. The molecule has 1 N–H and O–H groups in total. The normalized spacial score (nSPS) is 32.4. The van der Waals surface area contributed by atoms with E-state index < -0.39 is 0 Å². The summed E-state index contributed by atoms with van der Waals surface area (Å²) in [6, 6.07) is 4.63. The minimum absolute atomic E-state index is 0.325. The fraction of sp³-hybridized carbons (Fsp3) is 0.688. The van der Waals surface area contributed by atoms with E-state index in [1.807, 2.05) is 18.5 Å². The van der Waals surface area contributed by atoms with Gasteiger partial charge in [-0.25, -0.2) is 0 Å². The van der Waals surface area contributed by atoms with Gasteiger partial charge in [-0.1, -0.05) is 19.9 Å². The van der Waals surface area contributed by atoms with Gasteiger partial charge in [0.25, 0.3) is 0 Å². The Labute approximate surface area is 116 Å². The summed E-state index contributed by atoms with van der Waals surface area (Å²) >= 11 is 0. The Balaban J connectivity index is 2.11. The minimum atomic E-state index is 0.325. The molecule has 5 unspecified atom stereocenters. The van der Waals surface area contributed by atoms with Crippen LogP contribution in [0.2, 0.25) is 0 Å². The number of likely N-dealkylation sites (N-methyl/N-ethyl adjacent to an activating group) is 1. The van der Waals surface area contributed by atoms with Crippen LogP contribution < -0.4 is 5.32 Å². The molecule has 1 aromatic heterocycles. The van der Waals surface area contributed by atoms with Crippen molar-refractivity contribution < 1.29 is 4.74 Å². The maximum atomic E-state index is 6.00. The summed E-state index contributed by atoms with van der Waals surface area (Å²) in [5.74, 6) is 1.16. The lowest BCUT2D eigenvalue weighted by atomic mass is 9.81. The van der Waals surface area contributed by atoms with Gasteiger partial charge in [0.1, 0.15) is 0 Å². The van der Waals surface area contributed by atoms with E-state index in [2.05, 4.69) is 44.1 Å². The smallest absolute Gasteiger partial charge is 0.0597 e. The van der Waals surface area contributed by atoms with Crippen LogP contribution in [0.25, 0.3) is 0 Å². The third-order valence-electron chi connectivity index (χ3n) is 4.43. The molecule has 1 aliphatic rings. The van der Waals surface area contributed by atoms with E-state index in [9.17, 15) is 0 Å². The van der Waals surface area contributed by atoms with Crippen LogP contribution in [0, 0.1) is 11.8 Å². The summed E-state index contributed by atoms with van der Waals surface area (Å²) < 4.78 is 6.00. The second-order valence-electron chi connectivity index (χ2n) is 5.71. The summed E-state index contributed by atoms with van der Waals surface area (Å²) in [5.41, 5.74) is 1.30. The molecular weight excluding hydrogens is 236 g/mol. The van der Waals surface area contributed by atoms with Gasteiger partial charge >= 0.3 is 0 Å². The molecule has 0 aliphatic carbocycles. The van der Waals surface area contributed by atoms with Gasteiger partial charge in [0, 0.05) is 24.4 Å². The number of ether oxygens (including phenoxy) is 1. The summed E-state index contributed by atoms with van der Waals surface area (Å²) in [4.78, 5) is 4.22. The molecule has 0 bridgehead atoms. The van der Waals surface area contributed by atoms with Crippen molar-refractivity contribution in [3.63, 3.8) is 0 Å². The summed E-state index contributed by atoms with van der Waals surface area (Å²) in [5, 5.41) is 3.65. The van der Waals surface area contributed by atoms with Crippen LogP contribution in [0.3, 0.4) is 0 Å². The quantitative estimate of drug-likeness (QED) is 0.886. The molecule has 106 valence electrons. The van der Waals surface area contributed by atoms with Gasteiger partial charge in [0.05, 0.1) is 12.2 Å². The van der Waals surface area contributed by atoms with Crippen LogP contribution in [-0.2, 0) is 11.2 Å². The van der Waals surface area contributed by atoms with E-state index in [1.165, 1.54) is 5.56 Å². The van der Waals surface area contributed by atoms with Crippen LogP contribution >= 0.6 is 0 Å². The van der Waals surface area contributed by atoms with Crippen LogP contribution in [0.15, 0.2) is 24.5 Å². The summed E-state index contributed by atoms with van der Waals surface area (Å²) in [6.07, 6.45) is 5.51. The highest BCUT2D eigenvalue weighted by molar-refractivity contribution is 5.11. The third kappa shape index (κ3) is 3.34. The molecule has 1 fully saturated rings. The van der Waals surface area contributed by atoms with Crippen molar-refractivity contribution >= 4 is 0 Å². The highest BCUT2D eigenvalue weighted by Crippen LogP contribution is 2.35. The van der Waals surface area contributed by atoms with Crippen molar-refractivity contribution in [2.45, 2.75) is 52.4 Å². The molecule has 2 heterocycles. The highest BCUT2D eigenvalue weighted by Gasteiger charge is 2.41. The molecule has 1 aromatic rings. The van der Waals surface area contributed by atoms with Gasteiger partial charge in [-0.3, -0.25) is 4.98 Å². The Hall–Kier alpha value is -0.930. The predicted octanol–water partition coefficient (Wildman–Crippen LogP) is 2.66. The summed E-state index contributed by atoms with van der Waals surface area (Å²) in [7, 11) is 0. The van der Waals surface area contributed by atoms with Crippen LogP contribution in [0.1, 0.15) is 33.3 Å². The van der Waals surface area contributed by atoms with E-state index in [0.29, 0.717) is 30.1 Å². The molecule has 0 spiro atoms. The first-order valence-electron chi connectivity index (χ1n) is 7.41. The first kappa shape index (κ1) is 14.5. The predicted molar refractivity (Wildman–Crippen MR) is 78.1 cm³/mol. The fourth-order valence-electron chi connectivity index (χ4n) is 3.37. The fourth-order valence-corrected chi connectivity index (χ4v) is 3.37. The molecule has 5 atom stereocenters. The minimum Gasteiger partial charge on any atom is -0.375 e.